The molecule has 2 aromatic carbocycles. The molecule has 13 heteroatoms. The van der Waals surface area contributed by atoms with Gasteiger partial charge in [0.1, 0.15) is 11.9 Å². The highest BCUT2D eigenvalue weighted by atomic mass is 19.4. The van der Waals surface area contributed by atoms with Crippen LogP contribution in [-0.4, -0.2) is 52.3 Å². The van der Waals surface area contributed by atoms with Gasteiger partial charge in [-0.2, -0.15) is 13.2 Å². The van der Waals surface area contributed by atoms with Crippen LogP contribution in [0.4, 0.5) is 32.8 Å². The molecule has 9 nitrogen and oxygen atoms in total. The lowest BCUT2D eigenvalue weighted by atomic mass is 9.94. The average Bonchev–Trinajstić information content (AvgIpc) is 3.29. The Balaban J connectivity index is 1.67. The first kappa shape index (κ1) is 26.1. The highest BCUT2D eigenvalue weighted by Gasteiger charge is 2.60. The number of nitrogens with one attached hydrogen (secondary N) is 2. The van der Waals surface area contributed by atoms with Crippen molar-refractivity contribution in [2.75, 3.05) is 5.32 Å². The van der Waals surface area contributed by atoms with Gasteiger partial charge in [-0.25, -0.2) is 18.9 Å². The van der Waals surface area contributed by atoms with Gasteiger partial charge in [-0.15, -0.1) is 0 Å². The summed E-state index contributed by atoms with van der Waals surface area (Å²) in [6.45, 7) is 0.738. The number of carbonyl (C=O) groups excluding carboxylic acids is 3. The number of hydrogen-bond acceptors (Lipinski definition) is 6. The van der Waals surface area contributed by atoms with Crippen LogP contribution in [0.5, 0.6) is 0 Å². The zero-order chi connectivity index (χ0) is 27.1. The third kappa shape index (κ3) is 4.99. The van der Waals surface area contributed by atoms with Gasteiger partial charge < -0.3 is 9.84 Å². The summed E-state index contributed by atoms with van der Waals surface area (Å²) in [7, 11) is 0. The van der Waals surface area contributed by atoms with Gasteiger partial charge in [0, 0.05) is 24.1 Å². The Labute approximate surface area is 207 Å². The minimum Gasteiger partial charge on any atom is -0.465 e. The Morgan fingerprint density at radius 2 is 1.84 bits per heavy atom. The van der Waals surface area contributed by atoms with Gasteiger partial charge in [0.05, 0.1) is 0 Å². The maximum atomic E-state index is 13.6. The second-order valence-corrected chi connectivity index (χ2v) is 8.77. The number of fused-ring (bicyclic) bond motifs is 2. The number of carbonyl (C=O) groups is 4. The summed E-state index contributed by atoms with van der Waals surface area (Å²) >= 11 is 0. The number of ketones is 1. The molecule has 37 heavy (non-hydrogen) atoms. The van der Waals surface area contributed by atoms with E-state index in [0.717, 1.165) is 19.1 Å². The summed E-state index contributed by atoms with van der Waals surface area (Å²) in [4.78, 5) is 50.9. The van der Waals surface area contributed by atoms with E-state index in [9.17, 15) is 36.7 Å². The summed E-state index contributed by atoms with van der Waals surface area (Å²) in [5.41, 5.74) is -0.647. The van der Waals surface area contributed by atoms with Crippen LogP contribution in [0.3, 0.4) is 0 Å². The lowest BCUT2D eigenvalue weighted by molar-refractivity contribution is -0.160. The van der Waals surface area contributed by atoms with Crippen molar-refractivity contribution in [3.63, 3.8) is 0 Å². The Bertz CT molecular complexity index is 1270. The highest BCUT2D eigenvalue weighted by molar-refractivity contribution is 6.07. The lowest BCUT2D eigenvalue weighted by Crippen LogP contribution is -2.59. The third-order valence-electron chi connectivity index (χ3n) is 6.31. The van der Waals surface area contributed by atoms with Crippen molar-refractivity contribution >= 4 is 29.6 Å². The number of imide groups is 1. The van der Waals surface area contributed by atoms with Crippen LogP contribution in [0.25, 0.3) is 0 Å². The molecule has 0 bridgehead atoms. The van der Waals surface area contributed by atoms with Crippen molar-refractivity contribution in [1.29, 1.82) is 0 Å². The molecule has 1 unspecified atom stereocenters. The van der Waals surface area contributed by atoms with Crippen molar-refractivity contribution in [2.24, 2.45) is 0 Å². The molecule has 1 aliphatic carbocycles. The Kier molecular flexibility index (Phi) is 6.67. The topological polar surface area (TPSA) is 125 Å². The Morgan fingerprint density at radius 1 is 1.16 bits per heavy atom. The van der Waals surface area contributed by atoms with Gasteiger partial charge in [-0.05, 0) is 48.7 Å². The zero-order valence-corrected chi connectivity index (χ0v) is 19.3. The molecule has 2 aliphatic rings. The molecule has 2 aromatic rings. The number of carboxylic acid groups (broad SMARTS) is 1. The van der Waals surface area contributed by atoms with Crippen LogP contribution in [0, 0.1) is 5.82 Å². The predicted octanol–water partition coefficient (Wildman–Crippen LogP) is 3.71. The van der Waals surface area contributed by atoms with Crippen LogP contribution in [0.2, 0.25) is 0 Å². The molecule has 1 saturated heterocycles. The van der Waals surface area contributed by atoms with Crippen molar-refractivity contribution in [3.05, 3.63) is 65.0 Å². The second kappa shape index (κ2) is 9.47. The van der Waals surface area contributed by atoms with E-state index in [1.807, 2.05) is 5.32 Å². The second-order valence-electron chi connectivity index (χ2n) is 8.77. The van der Waals surface area contributed by atoms with Gasteiger partial charge in [-0.1, -0.05) is 18.2 Å². The zero-order valence-electron chi connectivity index (χ0n) is 19.3. The molecule has 0 saturated carbocycles. The summed E-state index contributed by atoms with van der Waals surface area (Å²) in [5.74, 6) is -2.54. The molecule has 1 aliphatic heterocycles. The fraction of sp³-hybridized carbons (Fsp3) is 0.333. The number of benzene rings is 2. The van der Waals surface area contributed by atoms with Gasteiger partial charge in [0.15, 0.2) is 11.9 Å². The van der Waals surface area contributed by atoms with Crippen LogP contribution >= 0.6 is 0 Å². The van der Waals surface area contributed by atoms with Crippen LogP contribution in [-0.2, 0) is 32.8 Å². The smallest absolute Gasteiger partial charge is 0.419 e. The summed E-state index contributed by atoms with van der Waals surface area (Å²) in [5, 5.41) is 13.1. The number of hydrogen-bond donors (Lipinski definition) is 3. The first-order valence-electron chi connectivity index (χ1n) is 11.1. The standard InChI is InChI=1S/C24H21F4N3O6/c1-12(24(26,27)28)29-19(18(32)10-13-2-4-15(25)5-3-13)31-20(33)23(37-22(31)36)9-8-14-11-16(30-21(34)35)6-7-17(14)23/h2-7,11-12,19,29-30H,8-10H2,1H3,(H,34,35)/t12-,19?,23+/m0/s1. The normalized spacial score (nSPS) is 20.5. The monoisotopic (exact) mass is 523 g/mol. The number of halogens is 4. The maximum absolute atomic E-state index is 13.6. The number of amides is 3. The van der Waals surface area contributed by atoms with E-state index in [-0.39, 0.29) is 29.7 Å². The Morgan fingerprint density at radius 3 is 2.46 bits per heavy atom. The number of ether oxygens (including phenoxy) is 1. The van der Waals surface area contributed by atoms with Crippen LogP contribution < -0.4 is 10.6 Å². The van der Waals surface area contributed by atoms with Crippen molar-refractivity contribution in [1.82, 2.24) is 10.2 Å². The van der Waals surface area contributed by atoms with Crippen molar-refractivity contribution in [3.8, 4) is 0 Å². The molecule has 1 fully saturated rings. The van der Waals surface area contributed by atoms with E-state index in [1.165, 1.54) is 30.3 Å². The largest absolute Gasteiger partial charge is 0.465 e. The molecule has 1 spiro atoms. The van der Waals surface area contributed by atoms with E-state index in [4.69, 9.17) is 9.84 Å². The van der Waals surface area contributed by atoms with E-state index in [2.05, 4.69) is 5.32 Å². The number of nitrogens with zero attached hydrogens (tertiary/aromatic N) is 1. The van der Waals surface area contributed by atoms with Crippen LogP contribution in [0.15, 0.2) is 42.5 Å². The van der Waals surface area contributed by atoms with Crippen LogP contribution in [0.1, 0.15) is 30.0 Å². The third-order valence-corrected chi connectivity index (χ3v) is 6.31. The van der Waals surface area contributed by atoms with E-state index in [0.29, 0.717) is 10.5 Å². The molecule has 3 atom stereocenters. The summed E-state index contributed by atoms with van der Waals surface area (Å²) in [6.07, 6.45) is -9.76. The van der Waals surface area contributed by atoms with Gasteiger partial charge >= 0.3 is 18.4 Å². The van der Waals surface area contributed by atoms with E-state index < -0.39 is 60.1 Å². The fourth-order valence-corrected chi connectivity index (χ4v) is 4.45. The quantitative estimate of drug-likeness (QED) is 0.473. The average molecular weight is 523 g/mol. The van der Waals surface area contributed by atoms with Gasteiger partial charge in [0.2, 0.25) is 5.60 Å². The minimum atomic E-state index is -4.80. The van der Waals surface area contributed by atoms with Crippen molar-refractivity contribution in [2.45, 2.75) is 50.2 Å². The van der Waals surface area contributed by atoms with Gasteiger partial charge in [0.25, 0.3) is 5.91 Å². The lowest BCUT2D eigenvalue weighted by Gasteiger charge is -2.29. The number of anilines is 1. The van der Waals surface area contributed by atoms with E-state index >= 15 is 0 Å². The minimum absolute atomic E-state index is 0.0480. The maximum Gasteiger partial charge on any atom is 0.419 e. The number of Topliss-reactive ketones (excluding diaryl/α,β-unsaturated/α-hetero) is 1. The molecular weight excluding hydrogens is 502 g/mol. The number of alkyl halides is 3. The molecule has 1 heterocycles. The van der Waals surface area contributed by atoms with E-state index in [1.54, 1.807) is 0 Å². The Hall–Kier alpha value is -4.00. The first-order valence-corrected chi connectivity index (χ1v) is 11.1. The molecule has 4 rings (SSSR count). The highest BCUT2D eigenvalue weighted by Crippen LogP contribution is 2.46. The first-order chi connectivity index (χ1) is 17.3. The molecule has 196 valence electrons. The van der Waals surface area contributed by atoms with Crippen molar-refractivity contribution < 1.29 is 46.6 Å². The molecule has 3 N–H and O–H groups in total. The summed E-state index contributed by atoms with van der Waals surface area (Å²) in [6, 6.07) is 6.59. The fourth-order valence-electron chi connectivity index (χ4n) is 4.45. The molecular formula is C24H21F4N3O6. The number of rotatable bonds is 7. The molecule has 3 amide bonds. The number of aryl methyl sites for hydroxylation is 1. The predicted molar refractivity (Wildman–Crippen MR) is 119 cm³/mol. The van der Waals surface area contributed by atoms with Gasteiger partial charge in [-0.3, -0.25) is 20.2 Å². The SMILES string of the molecule is C[C@H](NC(C(=O)Cc1ccc(F)cc1)N1C(=O)O[C@@]2(CCc3cc(NC(=O)O)ccc32)C1=O)C(F)(F)F. The summed E-state index contributed by atoms with van der Waals surface area (Å²) < 4.78 is 58.8. The molecule has 0 radical (unpaired) electrons. The molecule has 0 aromatic heterocycles.